The van der Waals surface area contributed by atoms with Crippen molar-refractivity contribution in [2.75, 3.05) is 0 Å². The molecule has 3 nitrogen and oxygen atoms in total. The summed E-state index contributed by atoms with van der Waals surface area (Å²) in [5.41, 5.74) is 0. The van der Waals surface area contributed by atoms with E-state index >= 15 is 0 Å². The van der Waals surface area contributed by atoms with E-state index in [0.29, 0.717) is 0 Å². The van der Waals surface area contributed by atoms with Gasteiger partial charge in [0, 0.05) is 0 Å². The molecule has 0 aromatic carbocycles. The van der Waals surface area contributed by atoms with Crippen molar-refractivity contribution in [3.63, 3.8) is 0 Å². The molecule has 1 aliphatic rings. The molecule has 0 unspecified atom stereocenters. The minimum absolute atomic E-state index is 1.39. The Kier molecular flexibility index (Phi) is 0.774. The number of hydrogen-bond acceptors (Lipinski definition) is 3. The summed E-state index contributed by atoms with van der Waals surface area (Å²) in [6, 6.07) is 0. The molecule has 0 atom stereocenters. The summed E-state index contributed by atoms with van der Waals surface area (Å²) in [5, 5.41) is 6.90. The third-order valence-electron chi connectivity index (χ3n) is 0.404. The van der Waals surface area contributed by atoms with Gasteiger partial charge in [-0.05, 0) is 0 Å². The van der Waals surface area contributed by atoms with Crippen LogP contribution in [0.15, 0.2) is 22.5 Å². The van der Waals surface area contributed by atoms with Crippen molar-refractivity contribution in [2.24, 2.45) is 10.1 Å². The molecular formula is C3H3N3+. The Bertz CT molecular complexity index is 75.4. The molecule has 1 aliphatic heterocycles. The number of aliphatic imine (C=N–C) groups is 1. The van der Waals surface area contributed by atoms with E-state index in [1.54, 1.807) is 6.20 Å². The van der Waals surface area contributed by atoms with Gasteiger partial charge < -0.3 is 0 Å². The Morgan fingerprint density at radius 2 is 2.50 bits per heavy atom. The molecule has 1 radical (unpaired) electrons. The van der Waals surface area contributed by atoms with Gasteiger partial charge in [-0.3, -0.25) is 0 Å². The molecule has 1 heterocycles. The van der Waals surface area contributed by atoms with Crippen molar-refractivity contribution in [1.82, 2.24) is 5.11 Å². The minimum Gasteiger partial charge on any atom is -0.232 e. The van der Waals surface area contributed by atoms with E-state index in [1.165, 1.54) is 12.5 Å². The van der Waals surface area contributed by atoms with Gasteiger partial charge in [0.2, 0.25) is 5.11 Å². The predicted octanol–water partition coefficient (Wildman–Crippen LogP) is 0.287. The highest BCUT2D eigenvalue weighted by Crippen LogP contribution is 1.73. The van der Waals surface area contributed by atoms with Crippen molar-refractivity contribution in [3.05, 3.63) is 12.4 Å². The Balaban J connectivity index is 2.77. The zero-order valence-corrected chi connectivity index (χ0v) is 3.07. The van der Waals surface area contributed by atoms with Crippen molar-refractivity contribution in [2.45, 2.75) is 0 Å². The zero-order valence-electron chi connectivity index (χ0n) is 3.07. The van der Waals surface area contributed by atoms with Crippen LogP contribution >= 0.6 is 0 Å². The standard InChI is InChI=1S/C3H3N3/c1-2-5-6-3-4-1/h1-3H/q+1. The predicted molar refractivity (Wildman–Crippen MR) is 22.2 cm³/mol. The van der Waals surface area contributed by atoms with E-state index in [0.717, 1.165) is 0 Å². The molecule has 0 fully saturated rings. The minimum atomic E-state index is 1.39. The lowest BCUT2D eigenvalue weighted by Gasteiger charge is -1.62. The molecule has 0 aliphatic carbocycles. The molecule has 0 saturated heterocycles. The van der Waals surface area contributed by atoms with Gasteiger partial charge >= 0.3 is 0 Å². The summed E-state index contributed by atoms with van der Waals surface area (Å²) < 4.78 is 0. The van der Waals surface area contributed by atoms with Crippen LogP contribution in [0.3, 0.4) is 0 Å². The van der Waals surface area contributed by atoms with Crippen LogP contribution in [0, 0.1) is 0 Å². The first kappa shape index (κ1) is 3.21. The van der Waals surface area contributed by atoms with Gasteiger partial charge in [0.05, 0.1) is 5.11 Å². The Labute approximate surface area is 35.1 Å². The summed E-state index contributed by atoms with van der Waals surface area (Å²) in [7, 11) is 0. The lowest BCUT2D eigenvalue weighted by atomic mass is 10.9. The fraction of sp³-hybridized carbons (Fsp3) is 0. The topological polar surface area (TPSA) is 38.8 Å². The SMILES string of the molecule is C1=C[N+]=NC=N1. The lowest BCUT2D eigenvalue weighted by molar-refractivity contribution is 1.11. The maximum Gasteiger partial charge on any atom is 0.296 e. The van der Waals surface area contributed by atoms with Gasteiger partial charge in [-0.2, -0.15) is 0 Å². The molecule has 1 rings (SSSR count). The van der Waals surface area contributed by atoms with Gasteiger partial charge in [-0.15, -0.1) is 0 Å². The molecule has 0 saturated carbocycles. The molecule has 0 aromatic rings. The van der Waals surface area contributed by atoms with Crippen LogP contribution in [-0.2, 0) is 0 Å². The molecular weight excluding hydrogens is 78.1 g/mol. The maximum absolute atomic E-state index is 3.61. The number of azo groups is 1. The van der Waals surface area contributed by atoms with Crippen molar-refractivity contribution < 1.29 is 0 Å². The summed E-state index contributed by atoms with van der Waals surface area (Å²) in [4.78, 5) is 3.61. The van der Waals surface area contributed by atoms with Crippen LogP contribution < -0.4 is 5.11 Å². The van der Waals surface area contributed by atoms with E-state index in [4.69, 9.17) is 0 Å². The first-order chi connectivity index (χ1) is 3.00. The summed E-state index contributed by atoms with van der Waals surface area (Å²) in [5.74, 6) is 0. The zero-order chi connectivity index (χ0) is 4.24. The van der Waals surface area contributed by atoms with Crippen LogP contribution in [0.1, 0.15) is 0 Å². The Hall–Kier alpha value is -0.990. The first-order valence-electron chi connectivity index (χ1n) is 1.57. The van der Waals surface area contributed by atoms with E-state index in [1.807, 2.05) is 0 Å². The first-order valence-corrected chi connectivity index (χ1v) is 1.57. The second-order valence-electron chi connectivity index (χ2n) is 0.794. The molecule has 0 bridgehead atoms. The quantitative estimate of drug-likeness (QED) is 0.402. The Morgan fingerprint density at radius 1 is 1.50 bits per heavy atom. The van der Waals surface area contributed by atoms with Crippen LogP contribution in [-0.4, -0.2) is 6.34 Å². The molecule has 29 valence electrons. The number of nitrogens with zero attached hydrogens (tertiary/aromatic N) is 3. The Morgan fingerprint density at radius 3 is 2.67 bits per heavy atom. The van der Waals surface area contributed by atoms with Crippen LogP contribution in [0.25, 0.3) is 0 Å². The van der Waals surface area contributed by atoms with Gasteiger partial charge in [-0.1, -0.05) is 0 Å². The second kappa shape index (κ2) is 1.45. The average Bonchev–Trinajstić information content (AvgIpc) is 1.72. The van der Waals surface area contributed by atoms with Gasteiger partial charge in [-0.25, -0.2) is 4.99 Å². The van der Waals surface area contributed by atoms with Gasteiger partial charge in [0.25, 0.3) is 6.20 Å². The van der Waals surface area contributed by atoms with Crippen LogP contribution in [0.5, 0.6) is 0 Å². The highest BCUT2D eigenvalue weighted by atomic mass is 15.1. The molecule has 0 N–H and O–H groups in total. The van der Waals surface area contributed by atoms with Crippen molar-refractivity contribution in [1.29, 1.82) is 0 Å². The normalized spacial score (nSPS) is 16.0. The molecule has 0 aromatic heterocycles. The molecule has 6 heavy (non-hydrogen) atoms. The van der Waals surface area contributed by atoms with Crippen molar-refractivity contribution >= 4 is 6.34 Å². The largest absolute Gasteiger partial charge is 0.296 e. The van der Waals surface area contributed by atoms with E-state index in [9.17, 15) is 0 Å². The fourth-order valence-corrected chi connectivity index (χ4v) is 0.205. The van der Waals surface area contributed by atoms with Crippen molar-refractivity contribution in [3.8, 4) is 0 Å². The van der Waals surface area contributed by atoms with E-state index in [-0.39, 0.29) is 0 Å². The third kappa shape index (κ3) is 0.484. The fourth-order valence-electron chi connectivity index (χ4n) is 0.205. The third-order valence-corrected chi connectivity index (χ3v) is 0.404. The highest BCUT2D eigenvalue weighted by Gasteiger charge is 1.84. The summed E-state index contributed by atoms with van der Waals surface area (Å²) >= 11 is 0. The van der Waals surface area contributed by atoms with Gasteiger partial charge in [0.1, 0.15) is 6.20 Å². The van der Waals surface area contributed by atoms with Crippen LogP contribution in [0.2, 0.25) is 0 Å². The molecule has 3 heteroatoms. The number of rotatable bonds is 0. The highest BCUT2D eigenvalue weighted by molar-refractivity contribution is 5.55. The maximum atomic E-state index is 3.61. The van der Waals surface area contributed by atoms with Crippen LogP contribution in [0.4, 0.5) is 0 Å². The van der Waals surface area contributed by atoms with Gasteiger partial charge in [0.15, 0.2) is 6.34 Å². The summed E-state index contributed by atoms with van der Waals surface area (Å²) in [6.07, 6.45) is 4.49. The molecule has 0 amide bonds. The van der Waals surface area contributed by atoms with E-state index in [2.05, 4.69) is 15.2 Å². The monoisotopic (exact) mass is 81.0 g/mol. The molecule has 0 spiro atoms. The smallest absolute Gasteiger partial charge is 0.232 e. The second-order valence-corrected chi connectivity index (χ2v) is 0.794. The lowest BCUT2D eigenvalue weighted by Crippen LogP contribution is -1.76. The average molecular weight is 81.1 g/mol. The number of hydrogen-bond donors (Lipinski definition) is 0. The summed E-state index contributed by atoms with van der Waals surface area (Å²) in [6.45, 7) is 0. The van der Waals surface area contributed by atoms with E-state index < -0.39 is 0 Å².